The molecule has 1 amide bonds. The summed E-state index contributed by atoms with van der Waals surface area (Å²) in [5.41, 5.74) is 0.780. The zero-order chi connectivity index (χ0) is 22.8. The Bertz CT molecular complexity index is 1290. The third kappa shape index (κ3) is 4.86. The minimum absolute atomic E-state index is 0.112. The van der Waals surface area contributed by atoms with Crippen molar-refractivity contribution in [3.05, 3.63) is 93.3 Å². The minimum atomic E-state index is -4.13. The number of carbonyl (C=O) groups excluding carboxylic acids is 1. The summed E-state index contributed by atoms with van der Waals surface area (Å²) in [7, 11) is -4.13. The molecule has 2 N–H and O–H groups in total. The summed E-state index contributed by atoms with van der Waals surface area (Å²) in [5, 5.41) is 13.5. The van der Waals surface area contributed by atoms with Crippen LogP contribution in [0.25, 0.3) is 0 Å². The lowest BCUT2D eigenvalue weighted by Gasteiger charge is -2.13. The van der Waals surface area contributed by atoms with Gasteiger partial charge in [0.1, 0.15) is 5.82 Å². The van der Waals surface area contributed by atoms with Crippen LogP contribution in [-0.4, -0.2) is 19.2 Å². The maximum Gasteiger partial charge on any atom is 0.272 e. The molecule has 0 bridgehead atoms. The summed E-state index contributed by atoms with van der Waals surface area (Å²) in [4.78, 5) is 22.8. The standard InChI is InChI=1S/C21H18FN3O5S/c1-13-7-9-16(23-21(26)15-8-10-19(25(27)28)14(2)11-15)12-20(13)31(29,30)24-18-6-4-3-5-17(18)22/h3-12,24H,1-2H3,(H,23,26). The molecule has 0 saturated carbocycles. The van der Waals surface area contributed by atoms with Gasteiger partial charge in [-0.15, -0.1) is 0 Å². The van der Waals surface area contributed by atoms with E-state index in [-0.39, 0.29) is 27.5 Å². The third-order valence-corrected chi connectivity index (χ3v) is 6.02. The number of rotatable bonds is 6. The van der Waals surface area contributed by atoms with Crippen molar-refractivity contribution in [3.8, 4) is 0 Å². The lowest BCUT2D eigenvalue weighted by Crippen LogP contribution is -2.17. The first-order chi connectivity index (χ1) is 14.6. The number of hydrogen-bond acceptors (Lipinski definition) is 5. The van der Waals surface area contributed by atoms with Crippen molar-refractivity contribution in [1.82, 2.24) is 0 Å². The summed E-state index contributed by atoms with van der Waals surface area (Å²) in [6.45, 7) is 3.08. The number of nitrogens with one attached hydrogen (secondary N) is 2. The summed E-state index contributed by atoms with van der Waals surface area (Å²) >= 11 is 0. The van der Waals surface area contributed by atoms with Crippen LogP contribution in [0.5, 0.6) is 0 Å². The minimum Gasteiger partial charge on any atom is -0.322 e. The second kappa shape index (κ2) is 8.52. The highest BCUT2D eigenvalue weighted by Crippen LogP contribution is 2.25. The molecule has 0 saturated heterocycles. The molecule has 160 valence electrons. The van der Waals surface area contributed by atoms with Crippen molar-refractivity contribution in [1.29, 1.82) is 0 Å². The van der Waals surface area contributed by atoms with Crippen LogP contribution in [-0.2, 0) is 10.0 Å². The van der Waals surface area contributed by atoms with Gasteiger partial charge in [-0.05, 0) is 55.8 Å². The van der Waals surface area contributed by atoms with Gasteiger partial charge in [0, 0.05) is 22.9 Å². The summed E-state index contributed by atoms with van der Waals surface area (Å²) < 4.78 is 41.6. The van der Waals surface area contributed by atoms with Crippen LogP contribution >= 0.6 is 0 Å². The van der Waals surface area contributed by atoms with Gasteiger partial charge in [0.05, 0.1) is 15.5 Å². The van der Waals surface area contributed by atoms with E-state index in [1.165, 1.54) is 61.5 Å². The number of halogens is 1. The maximum atomic E-state index is 13.9. The molecule has 0 spiro atoms. The van der Waals surface area contributed by atoms with Crippen LogP contribution in [0, 0.1) is 29.8 Å². The van der Waals surface area contributed by atoms with Crippen molar-refractivity contribution in [2.45, 2.75) is 18.7 Å². The number of para-hydroxylation sites is 1. The van der Waals surface area contributed by atoms with E-state index in [0.29, 0.717) is 11.1 Å². The topological polar surface area (TPSA) is 118 Å². The van der Waals surface area contributed by atoms with Crippen molar-refractivity contribution in [2.24, 2.45) is 0 Å². The molecular weight excluding hydrogens is 425 g/mol. The summed E-state index contributed by atoms with van der Waals surface area (Å²) in [5.74, 6) is -1.28. The van der Waals surface area contributed by atoms with Gasteiger partial charge in [0.15, 0.2) is 0 Å². The lowest BCUT2D eigenvalue weighted by molar-refractivity contribution is -0.385. The second-order valence-electron chi connectivity index (χ2n) is 6.78. The number of aryl methyl sites for hydroxylation is 2. The first-order valence-corrected chi connectivity index (χ1v) is 10.5. The molecule has 0 heterocycles. The number of amides is 1. The first kappa shape index (κ1) is 21.9. The monoisotopic (exact) mass is 443 g/mol. The molecule has 10 heteroatoms. The fraction of sp³-hybridized carbons (Fsp3) is 0.0952. The molecule has 0 fully saturated rings. The van der Waals surface area contributed by atoms with Gasteiger partial charge in [0.2, 0.25) is 0 Å². The predicted molar refractivity (Wildman–Crippen MR) is 114 cm³/mol. The van der Waals surface area contributed by atoms with E-state index in [9.17, 15) is 27.7 Å². The molecule has 0 aliphatic rings. The van der Waals surface area contributed by atoms with E-state index in [1.54, 1.807) is 6.92 Å². The van der Waals surface area contributed by atoms with Gasteiger partial charge in [-0.3, -0.25) is 19.6 Å². The highest BCUT2D eigenvalue weighted by Gasteiger charge is 2.20. The normalized spacial score (nSPS) is 11.1. The maximum absolute atomic E-state index is 13.9. The van der Waals surface area contributed by atoms with Gasteiger partial charge < -0.3 is 5.32 Å². The average Bonchev–Trinajstić information content (AvgIpc) is 2.70. The van der Waals surface area contributed by atoms with Crippen LogP contribution in [0.1, 0.15) is 21.5 Å². The van der Waals surface area contributed by atoms with Gasteiger partial charge in [0.25, 0.3) is 21.6 Å². The van der Waals surface area contributed by atoms with E-state index in [0.717, 1.165) is 6.07 Å². The lowest BCUT2D eigenvalue weighted by atomic mass is 10.1. The fourth-order valence-electron chi connectivity index (χ4n) is 2.92. The number of anilines is 2. The Morgan fingerprint density at radius 2 is 1.71 bits per heavy atom. The van der Waals surface area contributed by atoms with Gasteiger partial charge in [-0.1, -0.05) is 18.2 Å². The summed E-state index contributed by atoms with van der Waals surface area (Å²) in [6, 6.07) is 13.6. The molecule has 0 atom stereocenters. The molecule has 31 heavy (non-hydrogen) atoms. The largest absolute Gasteiger partial charge is 0.322 e. The van der Waals surface area contributed by atoms with Crippen molar-refractivity contribution < 1.29 is 22.5 Å². The SMILES string of the molecule is Cc1cc(C(=O)Nc2ccc(C)c(S(=O)(=O)Nc3ccccc3F)c2)ccc1[N+](=O)[O-]. The van der Waals surface area contributed by atoms with Crippen LogP contribution in [0.4, 0.5) is 21.5 Å². The van der Waals surface area contributed by atoms with E-state index in [2.05, 4.69) is 10.0 Å². The molecular formula is C21H18FN3O5S. The van der Waals surface area contributed by atoms with Crippen molar-refractivity contribution in [2.75, 3.05) is 10.0 Å². The first-order valence-electron chi connectivity index (χ1n) is 9.03. The number of nitro benzene ring substituents is 1. The number of nitrogens with zero attached hydrogens (tertiary/aromatic N) is 1. The van der Waals surface area contributed by atoms with Crippen LogP contribution < -0.4 is 10.0 Å². The van der Waals surface area contributed by atoms with Crippen molar-refractivity contribution >= 4 is 33.0 Å². The smallest absolute Gasteiger partial charge is 0.272 e. The molecule has 0 unspecified atom stereocenters. The van der Waals surface area contributed by atoms with Crippen LogP contribution in [0.15, 0.2) is 65.6 Å². The number of benzene rings is 3. The third-order valence-electron chi connectivity index (χ3n) is 4.51. The molecule has 0 aliphatic carbocycles. The molecule has 0 aliphatic heterocycles. The number of hydrogen-bond donors (Lipinski definition) is 2. The van der Waals surface area contributed by atoms with Gasteiger partial charge >= 0.3 is 0 Å². The quantitative estimate of drug-likeness (QED) is 0.432. The van der Waals surface area contributed by atoms with E-state index in [1.807, 2.05) is 0 Å². The summed E-state index contributed by atoms with van der Waals surface area (Å²) in [6.07, 6.45) is 0. The fourth-order valence-corrected chi connectivity index (χ4v) is 4.25. The average molecular weight is 443 g/mol. The van der Waals surface area contributed by atoms with Gasteiger partial charge in [-0.25, -0.2) is 12.8 Å². The Kier molecular flexibility index (Phi) is 6.02. The zero-order valence-electron chi connectivity index (χ0n) is 16.5. The molecule has 0 radical (unpaired) electrons. The number of carbonyl (C=O) groups is 1. The molecule has 8 nitrogen and oxygen atoms in total. The Labute approximate surface area is 177 Å². The molecule has 0 aromatic heterocycles. The molecule has 3 aromatic rings. The van der Waals surface area contributed by atoms with E-state index >= 15 is 0 Å². The molecule has 3 aromatic carbocycles. The predicted octanol–water partition coefficient (Wildman–Crippen LogP) is 4.40. The Balaban J connectivity index is 1.87. The van der Waals surface area contributed by atoms with E-state index in [4.69, 9.17) is 0 Å². The Hall–Kier alpha value is -3.79. The van der Waals surface area contributed by atoms with Crippen LogP contribution in [0.3, 0.4) is 0 Å². The Morgan fingerprint density at radius 3 is 2.35 bits per heavy atom. The number of sulfonamides is 1. The number of nitro groups is 1. The van der Waals surface area contributed by atoms with Crippen molar-refractivity contribution in [3.63, 3.8) is 0 Å². The second-order valence-corrected chi connectivity index (χ2v) is 8.43. The Morgan fingerprint density at radius 1 is 1.00 bits per heavy atom. The highest BCUT2D eigenvalue weighted by atomic mass is 32.2. The van der Waals surface area contributed by atoms with Crippen LogP contribution in [0.2, 0.25) is 0 Å². The highest BCUT2D eigenvalue weighted by molar-refractivity contribution is 7.92. The van der Waals surface area contributed by atoms with E-state index < -0.39 is 26.7 Å². The van der Waals surface area contributed by atoms with Gasteiger partial charge in [-0.2, -0.15) is 0 Å². The molecule has 3 rings (SSSR count). The zero-order valence-corrected chi connectivity index (χ0v) is 17.4.